The number of aromatic carboxylic acids is 1. The van der Waals surface area contributed by atoms with E-state index < -0.39 is 5.97 Å². The molecular formula is C16H22Br2O3. The molecule has 0 bridgehead atoms. The normalized spacial score (nSPS) is 10.6. The number of hydrogen-bond donors (Lipinski definition) is 1. The maximum atomic E-state index is 10.9. The quantitative estimate of drug-likeness (QED) is 0.468. The number of ether oxygens (including phenoxy) is 1. The summed E-state index contributed by atoms with van der Waals surface area (Å²) in [4.78, 5) is 10.9. The van der Waals surface area contributed by atoms with Crippen LogP contribution in [0.15, 0.2) is 21.1 Å². The SMILES string of the molecule is CCCCCCCCCOc1c(Br)cc(C(=O)O)cc1Br. The number of rotatable bonds is 10. The van der Waals surface area contributed by atoms with E-state index in [1.54, 1.807) is 12.1 Å². The van der Waals surface area contributed by atoms with E-state index in [-0.39, 0.29) is 5.56 Å². The van der Waals surface area contributed by atoms with Crippen molar-refractivity contribution in [2.24, 2.45) is 0 Å². The number of benzene rings is 1. The molecule has 1 aromatic carbocycles. The number of carbonyl (C=O) groups is 1. The summed E-state index contributed by atoms with van der Waals surface area (Å²) in [5, 5.41) is 8.98. The molecule has 0 heterocycles. The minimum atomic E-state index is -0.949. The van der Waals surface area contributed by atoms with Crippen molar-refractivity contribution in [3.63, 3.8) is 0 Å². The minimum Gasteiger partial charge on any atom is -0.491 e. The maximum Gasteiger partial charge on any atom is 0.335 e. The fraction of sp³-hybridized carbons (Fsp3) is 0.562. The second-order valence-corrected chi connectivity index (χ2v) is 6.75. The second kappa shape index (κ2) is 10.2. The summed E-state index contributed by atoms with van der Waals surface area (Å²) in [5.41, 5.74) is 0.233. The van der Waals surface area contributed by atoms with Crippen molar-refractivity contribution in [2.75, 3.05) is 6.61 Å². The van der Waals surface area contributed by atoms with Gasteiger partial charge < -0.3 is 9.84 Å². The lowest BCUT2D eigenvalue weighted by Gasteiger charge is -2.11. The summed E-state index contributed by atoms with van der Waals surface area (Å²) in [6, 6.07) is 3.13. The largest absolute Gasteiger partial charge is 0.491 e. The Kier molecular flexibility index (Phi) is 9.00. The lowest BCUT2D eigenvalue weighted by Crippen LogP contribution is -2.01. The van der Waals surface area contributed by atoms with Crippen LogP contribution in [-0.2, 0) is 0 Å². The van der Waals surface area contributed by atoms with Gasteiger partial charge in [-0.15, -0.1) is 0 Å². The van der Waals surface area contributed by atoms with E-state index >= 15 is 0 Å². The Morgan fingerprint density at radius 1 is 1.05 bits per heavy atom. The van der Waals surface area contributed by atoms with Crippen LogP contribution in [0.1, 0.15) is 62.2 Å². The third kappa shape index (κ3) is 6.83. The van der Waals surface area contributed by atoms with E-state index in [1.807, 2.05) is 0 Å². The first-order chi connectivity index (χ1) is 10.1. The van der Waals surface area contributed by atoms with E-state index in [9.17, 15) is 4.79 Å². The molecule has 0 radical (unpaired) electrons. The summed E-state index contributed by atoms with van der Waals surface area (Å²) in [6.45, 7) is 2.87. The first-order valence-corrected chi connectivity index (χ1v) is 9.00. The van der Waals surface area contributed by atoms with Gasteiger partial charge in [-0.05, 0) is 50.4 Å². The standard InChI is InChI=1S/C16H22Br2O3/c1-2-3-4-5-6-7-8-9-21-15-13(17)10-12(16(19)20)11-14(15)18/h10-11H,2-9H2,1H3,(H,19,20). The third-order valence-corrected chi connectivity index (χ3v) is 4.42. The number of halogens is 2. The summed E-state index contributed by atoms with van der Waals surface area (Å²) >= 11 is 6.72. The van der Waals surface area contributed by atoms with Crippen LogP contribution in [0.5, 0.6) is 5.75 Å². The molecule has 0 amide bonds. The highest BCUT2D eigenvalue weighted by Gasteiger charge is 2.12. The number of carboxylic acids is 1. The van der Waals surface area contributed by atoms with Gasteiger partial charge in [-0.3, -0.25) is 0 Å². The van der Waals surface area contributed by atoms with Crippen molar-refractivity contribution in [3.05, 3.63) is 26.6 Å². The Bertz CT molecular complexity index is 438. The van der Waals surface area contributed by atoms with Gasteiger partial charge in [-0.2, -0.15) is 0 Å². The fourth-order valence-electron chi connectivity index (χ4n) is 2.05. The van der Waals surface area contributed by atoms with Gasteiger partial charge >= 0.3 is 5.97 Å². The third-order valence-electron chi connectivity index (χ3n) is 3.24. The molecule has 0 saturated heterocycles. The summed E-state index contributed by atoms with van der Waals surface area (Å²) < 4.78 is 7.07. The molecule has 1 aromatic rings. The molecule has 118 valence electrons. The van der Waals surface area contributed by atoms with Crippen molar-refractivity contribution in [2.45, 2.75) is 51.9 Å². The average molecular weight is 422 g/mol. The van der Waals surface area contributed by atoms with Crippen LogP contribution in [-0.4, -0.2) is 17.7 Å². The molecule has 0 spiro atoms. The van der Waals surface area contributed by atoms with Crippen LogP contribution in [0.25, 0.3) is 0 Å². The zero-order chi connectivity index (χ0) is 15.7. The van der Waals surface area contributed by atoms with Gasteiger partial charge in [-0.25, -0.2) is 4.79 Å². The van der Waals surface area contributed by atoms with Gasteiger partial charge in [0.15, 0.2) is 0 Å². The molecule has 0 fully saturated rings. The summed E-state index contributed by atoms with van der Waals surface area (Å²) in [6.07, 6.45) is 8.67. The molecule has 0 saturated carbocycles. The van der Waals surface area contributed by atoms with E-state index in [1.165, 1.54) is 38.5 Å². The lowest BCUT2D eigenvalue weighted by atomic mass is 10.1. The number of carboxylic acid groups (broad SMARTS) is 1. The Labute approximate surface area is 143 Å². The van der Waals surface area contributed by atoms with Crippen LogP contribution in [0.4, 0.5) is 0 Å². The highest BCUT2D eigenvalue weighted by atomic mass is 79.9. The summed E-state index contributed by atoms with van der Waals surface area (Å²) in [5.74, 6) is -0.277. The Morgan fingerprint density at radius 3 is 2.10 bits per heavy atom. The Morgan fingerprint density at radius 2 is 1.57 bits per heavy atom. The average Bonchev–Trinajstić information content (AvgIpc) is 2.43. The van der Waals surface area contributed by atoms with E-state index in [0.717, 1.165) is 6.42 Å². The Balaban J connectivity index is 2.34. The van der Waals surface area contributed by atoms with Gasteiger partial charge in [0.05, 0.1) is 21.1 Å². The molecule has 0 aliphatic carbocycles. The van der Waals surface area contributed by atoms with Crippen molar-refractivity contribution in [1.82, 2.24) is 0 Å². The topological polar surface area (TPSA) is 46.5 Å². The van der Waals surface area contributed by atoms with E-state index in [0.29, 0.717) is 21.3 Å². The minimum absolute atomic E-state index is 0.233. The molecule has 0 unspecified atom stereocenters. The predicted molar refractivity (Wildman–Crippen MR) is 92.3 cm³/mol. The van der Waals surface area contributed by atoms with Crippen LogP contribution in [0, 0.1) is 0 Å². The molecule has 0 aliphatic rings. The van der Waals surface area contributed by atoms with E-state index in [4.69, 9.17) is 9.84 Å². The fourth-order valence-corrected chi connectivity index (χ4v) is 3.47. The number of hydrogen-bond acceptors (Lipinski definition) is 2. The lowest BCUT2D eigenvalue weighted by molar-refractivity contribution is 0.0696. The van der Waals surface area contributed by atoms with Gasteiger partial charge in [0.25, 0.3) is 0 Å². The van der Waals surface area contributed by atoms with Crippen LogP contribution in [0.3, 0.4) is 0 Å². The monoisotopic (exact) mass is 420 g/mol. The predicted octanol–water partition coefficient (Wildman–Crippen LogP) is 6.04. The zero-order valence-corrected chi connectivity index (χ0v) is 15.5. The van der Waals surface area contributed by atoms with Gasteiger partial charge in [0, 0.05) is 0 Å². The van der Waals surface area contributed by atoms with Crippen molar-refractivity contribution in [3.8, 4) is 5.75 Å². The first kappa shape index (κ1) is 18.5. The molecule has 3 nitrogen and oxygen atoms in total. The van der Waals surface area contributed by atoms with Crippen LogP contribution >= 0.6 is 31.9 Å². The molecule has 1 N–H and O–H groups in total. The zero-order valence-electron chi connectivity index (χ0n) is 12.3. The molecule has 21 heavy (non-hydrogen) atoms. The summed E-state index contributed by atoms with van der Waals surface area (Å²) in [7, 11) is 0. The molecule has 5 heteroatoms. The molecule has 0 atom stereocenters. The van der Waals surface area contributed by atoms with Crippen LogP contribution < -0.4 is 4.74 Å². The second-order valence-electron chi connectivity index (χ2n) is 5.04. The highest BCUT2D eigenvalue weighted by molar-refractivity contribution is 9.11. The van der Waals surface area contributed by atoms with Crippen LogP contribution in [0.2, 0.25) is 0 Å². The first-order valence-electron chi connectivity index (χ1n) is 7.41. The van der Waals surface area contributed by atoms with Crippen molar-refractivity contribution in [1.29, 1.82) is 0 Å². The molecule has 0 aliphatic heterocycles. The Hall–Kier alpha value is -0.550. The van der Waals surface area contributed by atoms with Crippen molar-refractivity contribution < 1.29 is 14.6 Å². The maximum absolute atomic E-state index is 10.9. The van der Waals surface area contributed by atoms with Gasteiger partial charge in [0.1, 0.15) is 5.75 Å². The highest BCUT2D eigenvalue weighted by Crippen LogP contribution is 2.35. The van der Waals surface area contributed by atoms with Gasteiger partial charge in [-0.1, -0.05) is 45.4 Å². The van der Waals surface area contributed by atoms with Crippen molar-refractivity contribution >= 4 is 37.8 Å². The smallest absolute Gasteiger partial charge is 0.335 e. The molecular weight excluding hydrogens is 400 g/mol. The van der Waals surface area contributed by atoms with E-state index in [2.05, 4.69) is 38.8 Å². The number of unbranched alkanes of at least 4 members (excludes halogenated alkanes) is 6. The molecule has 0 aromatic heterocycles. The molecule has 1 rings (SSSR count). The van der Waals surface area contributed by atoms with Gasteiger partial charge in [0.2, 0.25) is 0 Å².